The van der Waals surface area contributed by atoms with Gasteiger partial charge < -0.3 is 5.11 Å². The summed E-state index contributed by atoms with van der Waals surface area (Å²) in [6.45, 7) is 0.280. The second-order valence-electron chi connectivity index (χ2n) is 7.41. The standard InChI is InChI=1S/C23H19Cl2N3O3S2/c24-17-10-5-4-9-15(17)20-16(21(25)28(26-20)14-7-2-1-3-8-14)13-18-22(31)27(23(32)33-18)12-6-11-19(29)30/h1-5,7-10,18H,6,11-13H2,(H,29,30). The number of hydrogen-bond acceptors (Lipinski definition) is 5. The van der Waals surface area contributed by atoms with E-state index in [1.165, 1.54) is 16.7 Å². The second kappa shape index (κ2) is 10.3. The fourth-order valence-electron chi connectivity index (χ4n) is 3.62. The molecule has 0 radical (unpaired) electrons. The quantitative estimate of drug-likeness (QED) is 0.397. The highest BCUT2D eigenvalue weighted by Gasteiger charge is 2.38. The van der Waals surface area contributed by atoms with E-state index in [1.807, 2.05) is 48.5 Å². The molecule has 0 saturated carbocycles. The van der Waals surface area contributed by atoms with Gasteiger partial charge in [-0.05, 0) is 31.0 Å². The third-order valence-electron chi connectivity index (χ3n) is 5.22. The normalized spacial score (nSPS) is 15.9. The number of nitrogens with zero attached hydrogens (tertiary/aromatic N) is 3. The fourth-order valence-corrected chi connectivity index (χ4v) is 5.71. The highest BCUT2D eigenvalue weighted by atomic mass is 35.5. The molecule has 1 aromatic heterocycles. The molecule has 1 aliphatic rings. The summed E-state index contributed by atoms with van der Waals surface area (Å²) in [5.41, 5.74) is 2.83. The molecule has 3 aromatic rings. The Morgan fingerprint density at radius 1 is 1.12 bits per heavy atom. The Bertz CT molecular complexity index is 1220. The molecule has 1 aliphatic heterocycles. The van der Waals surface area contributed by atoms with E-state index >= 15 is 0 Å². The number of thioether (sulfide) groups is 1. The van der Waals surface area contributed by atoms with Gasteiger partial charge in [0.2, 0.25) is 5.91 Å². The minimum Gasteiger partial charge on any atom is -0.481 e. The molecule has 1 unspecified atom stereocenters. The first-order chi connectivity index (χ1) is 15.9. The predicted octanol–water partition coefficient (Wildman–Crippen LogP) is 5.48. The minimum atomic E-state index is -0.902. The third kappa shape index (κ3) is 5.09. The molecule has 0 spiro atoms. The van der Waals surface area contributed by atoms with Crippen molar-refractivity contribution in [2.45, 2.75) is 24.5 Å². The molecule has 4 rings (SSSR count). The van der Waals surface area contributed by atoms with Crippen molar-refractivity contribution < 1.29 is 14.7 Å². The van der Waals surface area contributed by atoms with Crippen LogP contribution in [-0.4, -0.2) is 47.8 Å². The molecule has 2 heterocycles. The van der Waals surface area contributed by atoms with Crippen LogP contribution in [0, 0.1) is 0 Å². The molecule has 1 amide bonds. The van der Waals surface area contributed by atoms with Crippen LogP contribution in [0.4, 0.5) is 0 Å². The number of carbonyl (C=O) groups excluding carboxylic acids is 1. The van der Waals surface area contributed by atoms with E-state index in [0.29, 0.717) is 38.6 Å². The Balaban J connectivity index is 1.68. The summed E-state index contributed by atoms with van der Waals surface area (Å²) >= 11 is 20.0. The van der Waals surface area contributed by atoms with Gasteiger partial charge in [-0.2, -0.15) is 5.10 Å². The number of carbonyl (C=O) groups is 2. The Morgan fingerprint density at radius 3 is 2.52 bits per heavy atom. The van der Waals surface area contributed by atoms with Gasteiger partial charge in [0.05, 0.1) is 21.7 Å². The van der Waals surface area contributed by atoms with Gasteiger partial charge in [-0.3, -0.25) is 14.5 Å². The van der Waals surface area contributed by atoms with E-state index in [0.717, 1.165) is 11.3 Å². The lowest BCUT2D eigenvalue weighted by molar-refractivity contribution is -0.137. The van der Waals surface area contributed by atoms with Crippen LogP contribution in [0.3, 0.4) is 0 Å². The molecular weight excluding hydrogens is 501 g/mol. The van der Waals surface area contributed by atoms with Crippen LogP contribution in [0.15, 0.2) is 54.6 Å². The van der Waals surface area contributed by atoms with E-state index in [-0.39, 0.29) is 18.9 Å². The number of halogens is 2. The van der Waals surface area contributed by atoms with Gasteiger partial charge in [0.25, 0.3) is 0 Å². The third-order valence-corrected chi connectivity index (χ3v) is 7.52. The van der Waals surface area contributed by atoms with Crippen molar-refractivity contribution in [3.63, 3.8) is 0 Å². The van der Waals surface area contributed by atoms with Gasteiger partial charge in [-0.1, -0.05) is 83.6 Å². The second-order valence-corrected chi connectivity index (χ2v) is 10.0. The average Bonchev–Trinajstić information content (AvgIpc) is 3.25. The van der Waals surface area contributed by atoms with E-state index in [2.05, 4.69) is 0 Å². The van der Waals surface area contributed by atoms with Crippen LogP contribution in [0.2, 0.25) is 10.2 Å². The van der Waals surface area contributed by atoms with Gasteiger partial charge in [-0.15, -0.1) is 0 Å². The first kappa shape index (κ1) is 23.8. The van der Waals surface area contributed by atoms with Gasteiger partial charge >= 0.3 is 5.97 Å². The molecule has 2 aromatic carbocycles. The summed E-state index contributed by atoms with van der Waals surface area (Å²) < 4.78 is 2.09. The smallest absolute Gasteiger partial charge is 0.303 e. The molecule has 6 nitrogen and oxygen atoms in total. The zero-order valence-electron chi connectivity index (χ0n) is 17.3. The van der Waals surface area contributed by atoms with Crippen molar-refractivity contribution in [2.24, 2.45) is 0 Å². The van der Waals surface area contributed by atoms with Crippen LogP contribution >= 0.6 is 47.2 Å². The van der Waals surface area contributed by atoms with Gasteiger partial charge in [0.1, 0.15) is 9.47 Å². The van der Waals surface area contributed by atoms with Crippen molar-refractivity contribution in [3.8, 4) is 16.9 Å². The topological polar surface area (TPSA) is 75.4 Å². The van der Waals surface area contributed by atoms with Crippen molar-refractivity contribution >= 4 is 63.4 Å². The van der Waals surface area contributed by atoms with Crippen molar-refractivity contribution in [3.05, 3.63) is 70.3 Å². The average molecular weight is 520 g/mol. The molecule has 0 aliphatic carbocycles. The maximum absolute atomic E-state index is 13.1. The Hall–Kier alpha value is -2.39. The summed E-state index contributed by atoms with van der Waals surface area (Å²) in [5.74, 6) is -1.05. The monoisotopic (exact) mass is 519 g/mol. The van der Waals surface area contributed by atoms with Crippen molar-refractivity contribution in [1.29, 1.82) is 0 Å². The minimum absolute atomic E-state index is 0.0198. The highest BCUT2D eigenvalue weighted by molar-refractivity contribution is 8.24. The lowest BCUT2D eigenvalue weighted by atomic mass is 10.0. The zero-order chi connectivity index (χ0) is 23.5. The molecule has 1 N–H and O–H groups in total. The zero-order valence-corrected chi connectivity index (χ0v) is 20.4. The Labute approximate surface area is 210 Å². The molecule has 1 atom stereocenters. The molecule has 33 heavy (non-hydrogen) atoms. The molecular formula is C23H19Cl2N3O3S2. The summed E-state index contributed by atoms with van der Waals surface area (Å²) in [7, 11) is 0. The van der Waals surface area contributed by atoms with Gasteiger partial charge in [0.15, 0.2) is 0 Å². The van der Waals surface area contributed by atoms with E-state index in [4.69, 9.17) is 45.6 Å². The fraction of sp³-hybridized carbons (Fsp3) is 0.217. The predicted molar refractivity (Wildman–Crippen MR) is 135 cm³/mol. The van der Waals surface area contributed by atoms with Crippen LogP contribution < -0.4 is 0 Å². The first-order valence-corrected chi connectivity index (χ1v) is 12.2. The first-order valence-electron chi connectivity index (χ1n) is 10.2. The maximum Gasteiger partial charge on any atom is 0.303 e. The number of carboxylic acid groups (broad SMARTS) is 1. The summed E-state index contributed by atoms with van der Waals surface area (Å²) in [4.78, 5) is 25.4. The number of para-hydroxylation sites is 1. The number of amides is 1. The number of aliphatic carboxylic acids is 1. The van der Waals surface area contributed by atoms with Gasteiger partial charge in [0, 0.05) is 24.1 Å². The molecule has 1 saturated heterocycles. The Morgan fingerprint density at radius 2 is 1.82 bits per heavy atom. The summed E-state index contributed by atoms with van der Waals surface area (Å²) in [6, 6.07) is 16.8. The number of aromatic nitrogens is 2. The molecule has 0 bridgehead atoms. The summed E-state index contributed by atoms with van der Waals surface area (Å²) in [5, 5.41) is 14.1. The van der Waals surface area contributed by atoms with Crippen LogP contribution in [-0.2, 0) is 16.0 Å². The molecule has 170 valence electrons. The van der Waals surface area contributed by atoms with Crippen molar-refractivity contribution in [1.82, 2.24) is 14.7 Å². The number of hydrogen-bond donors (Lipinski definition) is 1. The number of thiocarbonyl (C=S) groups is 1. The lowest BCUT2D eigenvalue weighted by Crippen LogP contribution is -2.33. The Kier molecular flexibility index (Phi) is 7.38. The van der Waals surface area contributed by atoms with Crippen LogP contribution in [0.1, 0.15) is 18.4 Å². The number of rotatable bonds is 8. The largest absolute Gasteiger partial charge is 0.481 e. The van der Waals surface area contributed by atoms with Crippen molar-refractivity contribution in [2.75, 3.05) is 6.54 Å². The number of carboxylic acids is 1. The lowest BCUT2D eigenvalue weighted by Gasteiger charge is -2.15. The maximum atomic E-state index is 13.1. The van der Waals surface area contributed by atoms with E-state index in [9.17, 15) is 9.59 Å². The van der Waals surface area contributed by atoms with E-state index < -0.39 is 11.2 Å². The molecule has 10 heteroatoms. The van der Waals surface area contributed by atoms with E-state index in [1.54, 1.807) is 10.7 Å². The highest BCUT2D eigenvalue weighted by Crippen LogP contribution is 2.38. The number of benzene rings is 2. The van der Waals surface area contributed by atoms with Crippen LogP contribution in [0.5, 0.6) is 0 Å². The summed E-state index contributed by atoms with van der Waals surface area (Å²) in [6.07, 6.45) is 0.630. The SMILES string of the molecule is O=C(O)CCCN1C(=O)C(Cc2c(-c3ccccc3Cl)nn(-c3ccccc3)c2Cl)SC1=S. The van der Waals surface area contributed by atoms with Crippen LogP contribution in [0.25, 0.3) is 16.9 Å². The molecule has 1 fully saturated rings. The van der Waals surface area contributed by atoms with Gasteiger partial charge in [-0.25, -0.2) is 4.68 Å².